The van der Waals surface area contributed by atoms with E-state index in [-0.39, 0.29) is 5.41 Å². The van der Waals surface area contributed by atoms with Crippen molar-refractivity contribution >= 4 is 6.08 Å². The Morgan fingerprint density at radius 3 is 2.10 bits per heavy atom. The van der Waals surface area contributed by atoms with Gasteiger partial charge in [-0.2, -0.15) is 0 Å². The topological polar surface area (TPSA) is 9.23 Å². The van der Waals surface area contributed by atoms with E-state index in [1.807, 2.05) is 19.9 Å². The zero-order valence-electron chi connectivity index (χ0n) is 14.9. The van der Waals surface area contributed by atoms with Gasteiger partial charge in [0.1, 0.15) is 0 Å². The molecule has 0 unspecified atom stereocenters. The maximum Gasteiger partial charge on any atom is 0.183 e. The Balaban J connectivity index is 0.00000191. The zero-order chi connectivity index (χ0) is 16.8. The van der Waals surface area contributed by atoms with Crippen molar-refractivity contribution in [2.24, 2.45) is 0 Å². The predicted molar refractivity (Wildman–Crippen MR) is 91.8 cm³/mol. The van der Waals surface area contributed by atoms with Gasteiger partial charge in [-0.25, -0.2) is 0 Å². The third-order valence-electron chi connectivity index (χ3n) is 3.47. The first-order valence-corrected chi connectivity index (χ1v) is 7.89. The molecule has 0 saturated carbocycles. The van der Waals surface area contributed by atoms with E-state index in [9.17, 15) is 4.53 Å². The van der Waals surface area contributed by atoms with Crippen molar-refractivity contribution in [1.82, 2.24) is 0 Å². The standard InChI is InChI=1S/C17H25FO.C2H6/c1-8-12-10-14(11(3)4)13(9-2)15(16(12)19-18)17(5,6)7;1-2/h8,10-11H,1,9H2,2-7H3;1-2H3. The lowest BCUT2D eigenvalue weighted by Gasteiger charge is -2.28. The third kappa shape index (κ3) is 4.33. The molecule has 120 valence electrons. The van der Waals surface area contributed by atoms with Crippen LogP contribution in [0.1, 0.15) is 83.6 Å². The second-order valence-corrected chi connectivity index (χ2v) is 6.28. The fraction of sp³-hybridized carbons (Fsp3) is 0.579. The van der Waals surface area contributed by atoms with Gasteiger partial charge in [-0.15, -0.1) is 0 Å². The summed E-state index contributed by atoms with van der Waals surface area (Å²) in [5.41, 5.74) is 3.96. The molecular formula is C19H31FO. The first-order valence-electron chi connectivity index (χ1n) is 7.89. The summed E-state index contributed by atoms with van der Waals surface area (Å²) in [5, 5.41) is 0. The van der Waals surface area contributed by atoms with E-state index in [2.05, 4.69) is 53.1 Å². The minimum Gasteiger partial charge on any atom is -0.293 e. The largest absolute Gasteiger partial charge is 0.293 e. The van der Waals surface area contributed by atoms with Gasteiger partial charge in [-0.3, -0.25) is 4.94 Å². The van der Waals surface area contributed by atoms with Crippen LogP contribution in [-0.4, -0.2) is 0 Å². The van der Waals surface area contributed by atoms with Crippen LogP contribution in [0.5, 0.6) is 5.75 Å². The van der Waals surface area contributed by atoms with E-state index >= 15 is 0 Å². The van der Waals surface area contributed by atoms with Gasteiger partial charge in [0.15, 0.2) is 5.75 Å². The molecule has 0 aliphatic rings. The Morgan fingerprint density at radius 2 is 1.81 bits per heavy atom. The van der Waals surface area contributed by atoms with Crippen molar-refractivity contribution in [3.05, 3.63) is 34.9 Å². The Labute approximate surface area is 130 Å². The molecule has 1 aromatic rings. The first kappa shape index (κ1) is 19.7. The Morgan fingerprint density at radius 1 is 1.29 bits per heavy atom. The summed E-state index contributed by atoms with van der Waals surface area (Å²) in [6.45, 7) is 20.4. The molecule has 0 atom stereocenters. The number of rotatable bonds is 4. The van der Waals surface area contributed by atoms with Crippen molar-refractivity contribution in [3.8, 4) is 5.75 Å². The molecule has 0 aromatic heterocycles. The fourth-order valence-corrected chi connectivity index (χ4v) is 2.67. The lowest BCUT2D eigenvalue weighted by Crippen LogP contribution is -2.18. The summed E-state index contributed by atoms with van der Waals surface area (Å²) >= 11 is 0. The summed E-state index contributed by atoms with van der Waals surface area (Å²) in [6, 6.07) is 2.00. The van der Waals surface area contributed by atoms with Crippen LogP contribution in [0.25, 0.3) is 6.08 Å². The van der Waals surface area contributed by atoms with E-state index < -0.39 is 0 Å². The average Bonchev–Trinajstić information content (AvgIpc) is 2.45. The molecular weight excluding hydrogens is 263 g/mol. The molecule has 0 saturated heterocycles. The van der Waals surface area contributed by atoms with Crippen molar-refractivity contribution in [1.29, 1.82) is 0 Å². The van der Waals surface area contributed by atoms with Crippen molar-refractivity contribution in [2.45, 2.75) is 73.1 Å². The molecule has 0 fully saturated rings. The summed E-state index contributed by atoms with van der Waals surface area (Å²) < 4.78 is 13.1. The summed E-state index contributed by atoms with van der Waals surface area (Å²) in [5.74, 6) is 0.715. The van der Waals surface area contributed by atoms with Crippen LogP contribution in [0, 0.1) is 0 Å². The highest BCUT2D eigenvalue weighted by Gasteiger charge is 2.27. The normalized spacial score (nSPS) is 11.0. The van der Waals surface area contributed by atoms with Crippen LogP contribution in [0.3, 0.4) is 0 Å². The second-order valence-electron chi connectivity index (χ2n) is 6.28. The van der Waals surface area contributed by atoms with Gasteiger partial charge >= 0.3 is 0 Å². The van der Waals surface area contributed by atoms with E-state index in [0.29, 0.717) is 11.7 Å². The van der Waals surface area contributed by atoms with Crippen LogP contribution in [0.15, 0.2) is 12.6 Å². The van der Waals surface area contributed by atoms with Crippen molar-refractivity contribution in [2.75, 3.05) is 0 Å². The number of hydrogen-bond acceptors (Lipinski definition) is 1. The molecule has 1 aromatic carbocycles. The molecule has 0 aliphatic carbocycles. The molecule has 21 heavy (non-hydrogen) atoms. The number of halogens is 1. The van der Waals surface area contributed by atoms with Gasteiger partial charge in [0.2, 0.25) is 0 Å². The van der Waals surface area contributed by atoms with Crippen LogP contribution in [0.4, 0.5) is 4.53 Å². The third-order valence-corrected chi connectivity index (χ3v) is 3.47. The smallest absolute Gasteiger partial charge is 0.183 e. The van der Waals surface area contributed by atoms with E-state index in [1.54, 1.807) is 6.08 Å². The minimum atomic E-state index is -0.171. The second kappa shape index (κ2) is 8.21. The van der Waals surface area contributed by atoms with Gasteiger partial charge in [0.25, 0.3) is 0 Å². The fourth-order valence-electron chi connectivity index (χ4n) is 2.67. The minimum absolute atomic E-state index is 0.171. The molecule has 0 heterocycles. The molecule has 0 spiro atoms. The first-order chi connectivity index (χ1) is 9.77. The lowest BCUT2D eigenvalue weighted by atomic mass is 9.77. The highest BCUT2D eigenvalue weighted by atomic mass is 19.3. The van der Waals surface area contributed by atoms with Crippen LogP contribution >= 0.6 is 0 Å². The highest BCUT2D eigenvalue weighted by Crippen LogP contribution is 2.41. The van der Waals surface area contributed by atoms with E-state index in [4.69, 9.17) is 0 Å². The zero-order valence-corrected chi connectivity index (χ0v) is 14.9. The maximum atomic E-state index is 13.1. The Kier molecular flexibility index (Phi) is 7.70. The highest BCUT2D eigenvalue weighted by molar-refractivity contribution is 5.64. The van der Waals surface area contributed by atoms with Gasteiger partial charge < -0.3 is 0 Å². The summed E-state index contributed by atoms with van der Waals surface area (Å²) in [4.78, 5) is 4.20. The Hall–Kier alpha value is -1.31. The molecule has 0 N–H and O–H groups in total. The quantitative estimate of drug-likeness (QED) is 0.607. The van der Waals surface area contributed by atoms with E-state index in [1.165, 1.54) is 11.1 Å². The summed E-state index contributed by atoms with van der Waals surface area (Å²) in [7, 11) is 0. The monoisotopic (exact) mass is 294 g/mol. The molecule has 0 amide bonds. The van der Waals surface area contributed by atoms with Crippen LogP contribution < -0.4 is 4.94 Å². The van der Waals surface area contributed by atoms with Gasteiger partial charge in [-0.05, 0) is 34.9 Å². The van der Waals surface area contributed by atoms with Gasteiger partial charge in [0, 0.05) is 15.7 Å². The molecule has 1 rings (SSSR count). The lowest BCUT2D eigenvalue weighted by molar-refractivity contribution is -0.00868. The molecule has 0 bridgehead atoms. The SMILES string of the molecule is C=Cc1cc(C(C)C)c(CC)c(C(C)(C)C)c1OF.CC. The van der Waals surface area contributed by atoms with Crippen LogP contribution in [-0.2, 0) is 11.8 Å². The molecule has 0 aliphatic heterocycles. The van der Waals surface area contributed by atoms with Crippen molar-refractivity contribution in [3.63, 3.8) is 0 Å². The van der Waals surface area contributed by atoms with Crippen molar-refractivity contribution < 1.29 is 9.47 Å². The molecule has 2 heteroatoms. The van der Waals surface area contributed by atoms with Gasteiger partial charge in [-0.1, -0.05) is 68.0 Å². The molecule has 0 radical (unpaired) electrons. The van der Waals surface area contributed by atoms with Gasteiger partial charge in [0.05, 0.1) is 0 Å². The number of benzene rings is 1. The predicted octanol–water partition coefficient (Wildman–Crippen LogP) is 6.60. The average molecular weight is 294 g/mol. The number of hydrogen-bond donors (Lipinski definition) is 0. The van der Waals surface area contributed by atoms with E-state index in [0.717, 1.165) is 17.5 Å². The van der Waals surface area contributed by atoms with Crippen LogP contribution in [0.2, 0.25) is 0 Å². The summed E-state index contributed by atoms with van der Waals surface area (Å²) in [6.07, 6.45) is 2.53. The maximum absolute atomic E-state index is 13.1. The Bertz CT molecular complexity index is 467. The molecule has 1 nitrogen and oxygen atoms in total.